The van der Waals surface area contributed by atoms with Crippen molar-refractivity contribution in [3.05, 3.63) is 58.8 Å². The number of rotatable bonds is 5. The van der Waals surface area contributed by atoms with Crippen LogP contribution in [0, 0.1) is 11.7 Å². The molecular weight excluding hydrogens is 285 g/mol. The minimum Gasteiger partial charge on any atom is -0.480 e. The summed E-state index contributed by atoms with van der Waals surface area (Å²) < 4.78 is 14.2. The molecule has 2 aromatic rings. The maximum absolute atomic E-state index is 13.0. The van der Waals surface area contributed by atoms with Crippen molar-refractivity contribution in [3.8, 4) is 11.1 Å². The van der Waals surface area contributed by atoms with E-state index in [1.807, 2.05) is 13.8 Å². The first-order valence-electron chi connectivity index (χ1n) is 7.10. The van der Waals surface area contributed by atoms with Crippen molar-refractivity contribution in [1.29, 1.82) is 0 Å². The van der Waals surface area contributed by atoms with Gasteiger partial charge in [-0.15, -0.1) is 0 Å². The van der Waals surface area contributed by atoms with Gasteiger partial charge >= 0.3 is 5.97 Å². The van der Waals surface area contributed by atoms with Gasteiger partial charge in [0.25, 0.3) is 5.56 Å². The molecule has 1 N–H and O–H groups in total. The smallest absolute Gasteiger partial charge is 0.326 e. The zero-order chi connectivity index (χ0) is 16.3. The molecule has 0 aliphatic rings. The van der Waals surface area contributed by atoms with Crippen LogP contribution in [0.5, 0.6) is 0 Å². The zero-order valence-electron chi connectivity index (χ0n) is 12.5. The average molecular weight is 303 g/mol. The van der Waals surface area contributed by atoms with Crippen molar-refractivity contribution in [2.45, 2.75) is 26.3 Å². The highest BCUT2D eigenvalue weighted by atomic mass is 19.1. The molecule has 1 heterocycles. The Kier molecular flexibility index (Phi) is 4.75. The molecule has 5 heteroatoms. The molecule has 0 aliphatic carbocycles. The highest BCUT2D eigenvalue weighted by molar-refractivity contribution is 5.72. The van der Waals surface area contributed by atoms with Crippen molar-refractivity contribution >= 4 is 5.97 Å². The Morgan fingerprint density at radius 1 is 1.23 bits per heavy atom. The van der Waals surface area contributed by atoms with E-state index in [0.29, 0.717) is 17.5 Å². The van der Waals surface area contributed by atoms with Crippen molar-refractivity contribution in [1.82, 2.24) is 4.57 Å². The number of hydrogen-bond donors (Lipinski definition) is 1. The summed E-state index contributed by atoms with van der Waals surface area (Å²) in [5, 5.41) is 9.39. The third-order valence-electron chi connectivity index (χ3n) is 3.45. The normalized spacial score (nSPS) is 12.4. The third-order valence-corrected chi connectivity index (χ3v) is 3.45. The Bertz CT molecular complexity index is 719. The molecule has 0 radical (unpaired) electrons. The number of carboxylic acids is 1. The predicted molar refractivity (Wildman–Crippen MR) is 82.2 cm³/mol. The van der Waals surface area contributed by atoms with Gasteiger partial charge in [0, 0.05) is 11.8 Å². The molecule has 1 aromatic heterocycles. The highest BCUT2D eigenvalue weighted by Gasteiger charge is 2.22. The van der Waals surface area contributed by atoms with E-state index in [1.54, 1.807) is 12.1 Å². The molecule has 4 nitrogen and oxygen atoms in total. The largest absolute Gasteiger partial charge is 0.480 e. The molecule has 0 spiro atoms. The van der Waals surface area contributed by atoms with Crippen LogP contribution in [0.2, 0.25) is 0 Å². The van der Waals surface area contributed by atoms with Crippen LogP contribution in [0.15, 0.2) is 47.4 Å². The molecule has 22 heavy (non-hydrogen) atoms. The summed E-state index contributed by atoms with van der Waals surface area (Å²) in [5.74, 6) is -1.28. The zero-order valence-corrected chi connectivity index (χ0v) is 12.5. The van der Waals surface area contributed by atoms with Gasteiger partial charge in [-0.2, -0.15) is 0 Å². The van der Waals surface area contributed by atoms with E-state index >= 15 is 0 Å². The monoisotopic (exact) mass is 303 g/mol. The maximum Gasteiger partial charge on any atom is 0.326 e. The second kappa shape index (κ2) is 6.56. The van der Waals surface area contributed by atoms with Crippen molar-refractivity contribution in [2.24, 2.45) is 5.92 Å². The van der Waals surface area contributed by atoms with Crippen LogP contribution in [-0.4, -0.2) is 15.6 Å². The Morgan fingerprint density at radius 2 is 1.86 bits per heavy atom. The van der Waals surface area contributed by atoms with Gasteiger partial charge in [0.05, 0.1) is 0 Å². The molecule has 1 atom stereocenters. The molecule has 0 aliphatic heterocycles. The summed E-state index contributed by atoms with van der Waals surface area (Å²) in [4.78, 5) is 24.1. The fourth-order valence-corrected chi connectivity index (χ4v) is 2.38. The van der Waals surface area contributed by atoms with Crippen molar-refractivity contribution in [2.75, 3.05) is 0 Å². The van der Waals surface area contributed by atoms with E-state index in [2.05, 4.69) is 0 Å². The topological polar surface area (TPSA) is 59.3 Å². The number of aromatic nitrogens is 1. The summed E-state index contributed by atoms with van der Waals surface area (Å²) in [7, 11) is 0. The number of carboxylic acid groups (broad SMARTS) is 1. The number of hydrogen-bond acceptors (Lipinski definition) is 2. The molecule has 0 unspecified atom stereocenters. The van der Waals surface area contributed by atoms with Crippen LogP contribution in [0.3, 0.4) is 0 Å². The number of halogens is 1. The Hall–Kier alpha value is -2.43. The third kappa shape index (κ3) is 3.42. The van der Waals surface area contributed by atoms with Gasteiger partial charge in [-0.25, -0.2) is 9.18 Å². The lowest BCUT2D eigenvalue weighted by atomic mass is 10.0. The Morgan fingerprint density at radius 3 is 2.41 bits per heavy atom. The number of pyridine rings is 1. The summed E-state index contributed by atoms with van der Waals surface area (Å²) >= 11 is 0. The highest BCUT2D eigenvalue weighted by Crippen LogP contribution is 2.20. The first-order chi connectivity index (χ1) is 10.4. The first-order valence-corrected chi connectivity index (χ1v) is 7.10. The van der Waals surface area contributed by atoms with Gasteiger partial charge in [-0.3, -0.25) is 4.79 Å². The fourth-order valence-electron chi connectivity index (χ4n) is 2.38. The minimum atomic E-state index is -1.04. The molecule has 2 rings (SSSR count). The number of benzene rings is 1. The Labute approximate surface area is 127 Å². The van der Waals surface area contributed by atoms with Crippen LogP contribution in [0.1, 0.15) is 26.3 Å². The fraction of sp³-hybridized carbons (Fsp3) is 0.294. The molecule has 1 aromatic carbocycles. The minimum absolute atomic E-state index is 0.141. The van der Waals surface area contributed by atoms with E-state index in [4.69, 9.17) is 0 Å². The molecule has 0 bridgehead atoms. The van der Waals surface area contributed by atoms with Crippen LogP contribution in [-0.2, 0) is 4.79 Å². The second-order valence-electron chi connectivity index (χ2n) is 5.62. The standard InChI is InChI=1S/C17H18FNO3/c1-11(2)10-15(17(21)22)19-9-3-4-14(16(19)20)12-5-7-13(18)8-6-12/h3-9,11,15H,10H2,1-2H3,(H,21,22)/t15-/m0/s1. The second-order valence-corrected chi connectivity index (χ2v) is 5.62. The molecule has 0 amide bonds. The molecule has 116 valence electrons. The van der Waals surface area contributed by atoms with E-state index in [9.17, 15) is 19.1 Å². The lowest BCUT2D eigenvalue weighted by Gasteiger charge is -2.18. The van der Waals surface area contributed by atoms with Gasteiger partial charge in [-0.05, 0) is 42.2 Å². The van der Waals surface area contributed by atoms with E-state index in [-0.39, 0.29) is 17.3 Å². The first kappa shape index (κ1) is 15.9. The summed E-state index contributed by atoms with van der Waals surface area (Å²) in [6.07, 6.45) is 1.85. The van der Waals surface area contributed by atoms with Crippen LogP contribution < -0.4 is 5.56 Å². The van der Waals surface area contributed by atoms with Gasteiger partial charge in [0.2, 0.25) is 0 Å². The maximum atomic E-state index is 13.0. The molecular formula is C17H18FNO3. The number of carbonyl (C=O) groups is 1. The summed E-state index contributed by atoms with van der Waals surface area (Å²) in [5.41, 5.74) is 0.536. The van der Waals surface area contributed by atoms with Gasteiger partial charge in [0.15, 0.2) is 0 Å². The number of nitrogens with zero attached hydrogens (tertiary/aromatic N) is 1. The molecule has 0 fully saturated rings. The lowest BCUT2D eigenvalue weighted by Crippen LogP contribution is -2.31. The van der Waals surface area contributed by atoms with Crippen LogP contribution in [0.4, 0.5) is 4.39 Å². The van der Waals surface area contributed by atoms with E-state index in [1.165, 1.54) is 35.0 Å². The number of aliphatic carboxylic acids is 1. The van der Waals surface area contributed by atoms with E-state index in [0.717, 1.165) is 0 Å². The van der Waals surface area contributed by atoms with Crippen LogP contribution >= 0.6 is 0 Å². The van der Waals surface area contributed by atoms with Crippen molar-refractivity contribution in [3.63, 3.8) is 0 Å². The Balaban J connectivity index is 2.51. The lowest BCUT2D eigenvalue weighted by molar-refractivity contribution is -0.141. The SMILES string of the molecule is CC(C)C[C@@H](C(=O)O)n1cccc(-c2ccc(F)cc2)c1=O. The van der Waals surface area contributed by atoms with Gasteiger partial charge in [-0.1, -0.05) is 26.0 Å². The molecule has 0 saturated heterocycles. The molecule has 0 saturated carbocycles. The van der Waals surface area contributed by atoms with Gasteiger partial charge in [0.1, 0.15) is 11.9 Å². The van der Waals surface area contributed by atoms with Crippen LogP contribution in [0.25, 0.3) is 11.1 Å². The van der Waals surface area contributed by atoms with Gasteiger partial charge < -0.3 is 9.67 Å². The quantitative estimate of drug-likeness (QED) is 0.921. The predicted octanol–water partition coefficient (Wildman–Crippen LogP) is 3.33. The van der Waals surface area contributed by atoms with E-state index < -0.39 is 12.0 Å². The summed E-state index contributed by atoms with van der Waals surface area (Å²) in [6.45, 7) is 3.82. The average Bonchev–Trinajstić information content (AvgIpc) is 2.46. The van der Waals surface area contributed by atoms with Crippen molar-refractivity contribution < 1.29 is 14.3 Å². The summed E-state index contributed by atoms with van der Waals surface area (Å²) in [6, 6.07) is 7.90.